The van der Waals surface area contributed by atoms with Gasteiger partial charge < -0.3 is 10.1 Å². The lowest BCUT2D eigenvalue weighted by atomic mass is 9.73. The predicted octanol–water partition coefficient (Wildman–Crippen LogP) is 4.38. The zero-order valence-corrected chi connectivity index (χ0v) is 13.7. The molecule has 1 fully saturated rings. The molecule has 0 bridgehead atoms. The fourth-order valence-electron chi connectivity index (χ4n) is 3.61. The highest BCUT2D eigenvalue weighted by Gasteiger charge is 2.42. The molecule has 1 aromatic rings. The Kier molecular flexibility index (Phi) is 5.39. The number of halogens is 1. The third kappa shape index (κ3) is 3.46. The SMILES string of the molecule is CCNC(c1ccc(F)cc1C)C1(OC)CCC(C)CC1. The number of hydrogen-bond donors (Lipinski definition) is 1. The van der Waals surface area contributed by atoms with E-state index < -0.39 is 0 Å². The fraction of sp³-hybridized carbons (Fsp3) is 0.667. The maximum atomic E-state index is 13.4. The molecule has 0 radical (unpaired) electrons. The Hall–Kier alpha value is -0.930. The van der Waals surface area contributed by atoms with Gasteiger partial charge in [-0.15, -0.1) is 0 Å². The van der Waals surface area contributed by atoms with Gasteiger partial charge in [0.05, 0.1) is 11.6 Å². The van der Waals surface area contributed by atoms with Crippen molar-refractivity contribution in [3.63, 3.8) is 0 Å². The lowest BCUT2D eigenvalue weighted by molar-refractivity contribution is -0.0759. The summed E-state index contributed by atoms with van der Waals surface area (Å²) in [6, 6.07) is 5.22. The number of ether oxygens (including phenoxy) is 1. The molecular weight excluding hydrogens is 265 g/mol. The first-order chi connectivity index (χ1) is 10.0. The average Bonchev–Trinajstić information content (AvgIpc) is 2.47. The first kappa shape index (κ1) is 16.4. The van der Waals surface area contributed by atoms with Crippen LogP contribution in [-0.2, 0) is 4.74 Å². The first-order valence-corrected chi connectivity index (χ1v) is 8.07. The summed E-state index contributed by atoms with van der Waals surface area (Å²) in [5, 5.41) is 3.59. The molecule has 1 N–H and O–H groups in total. The summed E-state index contributed by atoms with van der Waals surface area (Å²) in [6.45, 7) is 7.28. The summed E-state index contributed by atoms with van der Waals surface area (Å²) >= 11 is 0. The van der Waals surface area contributed by atoms with Crippen LogP contribution in [0.1, 0.15) is 56.7 Å². The van der Waals surface area contributed by atoms with Crippen LogP contribution in [0.3, 0.4) is 0 Å². The second-order valence-electron chi connectivity index (χ2n) is 6.44. The molecule has 0 aromatic heterocycles. The van der Waals surface area contributed by atoms with Gasteiger partial charge in [0.2, 0.25) is 0 Å². The van der Waals surface area contributed by atoms with Crippen LogP contribution in [0.25, 0.3) is 0 Å². The molecule has 1 aliphatic carbocycles. The molecule has 1 aliphatic rings. The minimum absolute atomic E-state index is 0.126. The summed E-state index contributed by atoms with van der Waals surface area (Å²) in [5.74, 6) is 0.597. The van der Waals surface area contributed by atoms with Gasteiger partial charge in [-0.25, -0.2) is 4.39 Å². The summed E-state index contributed by atoms with van der Waals surface area (Å²) in [6.07, 6.45) is 4.49. The zero-order valence-electron chi connectivity index (χ0n) is 13.7. The van der Waals surface area contributed by atoms with Crippen molar-refractivity contribution in [3.8, 4) is 0 Å². The van der Waals surface area contributed by atoms with E-state index in [-0.39, 0.29) is 17.5 Å². The molecule has 21 heavy (non-hydrogen) atoms. The Bertz CT molecular complexity index is 466. The quantitative estimate of drug-likeness (QED) is 0.870. The topological polar surface area (TPSA) is 21.3 Å². The van der Waals surface area contributed by atoms with Crippen molar-refractivity contribution in [1.29, 1.82) is 0 Å². The van der Waals surface area contributed by atoms with Gasteiger partial charge in [0, 0.05) is 7.11 Å². The van der Waals surface area contributed by atoms with E-state index in [4.69, 9.17) is 4.74 Å². The van der Waals surface area contributed by atoms with Crippen LogP contribution < -0.4 is 5.32 Å². The van der Waals surface area contributed by atoms with Crippen LogP contribution in [0, 0.1) is 18.7 Å². The van der Waals surface area contributed by atoms with E-state index in [0.717, 1.165) is 36.4 Å². The molecule has 2 rings (SSSR count). The third-order valence-electron chi connectivity index (χ3n) is 5.00. The van der Waals surface area contributed by atoms with Gasteiger partial charge >= 0.3 is 0 Å². The summed E-state index contributed by atoms with van der Waals surface area (Å²) < 4.78 is 19.4. The third-order valence-corrected chi connectivity index (χ3v) is 5.00. The number of likely N-dealkylation sites (N-methyl/N-ethyl adjacent to an activating group) is 1. The highest BCUT2D eigenvalue weighted by molar-refractivity contribution is 5.32. The fourth-order valence-corrected chi connectivity index (χ4v) is 3.61. The lowest BCUT2D eigenvalue weighted by Gasteiger charge is -2.45. The van der Waals surface area contributed by atoms with Gasteiger partial charge in [0.15, 0.2) is 0 Å². The van der Waals surface area contributed by atoms with Crippen molar-refractivity contribution in [2.45, 2.75) is 58.1 Å². The van der Waals surface area contributed by atoms with E-state index >= 15 is 0 Å². The zero-order chi connectivity index (χ0) is 15.5. The number of nitrogens with one attached hydrogen (secondary N) is 1. The molecule has 0 heterocycles. The minimum Gasteiger partial charge on any atom is -0.376 e. The van der Waals surface area contributed by atoms with Crippen molar-refractivity contribution in [2.75, 3.05) is 13.7 Å². The Morgan fingerprint density at radius 2 is 2.05 bits per heavy atom. The van der Waals surface area contributed by atoms with Gasteiger partial charge in [0.25, 0.3) is 0 Å². The molecule has 118 valence electrons. The van der Waals surface area contributed by atoms with Crippen molar-refractivity contribution in [3.05, 3.63) is 35.1 Å². The largest absolute Gasteiger partial charge is 0.376 e. The second-order valence-corrected chi connectivity index (χ2v) is 6.44. The van der Waals surface area contributed by atoms with Crippen LogP contribution >= 0.6 is 0 Å². The van der Waals surface area contributed by atoms with Crippen molar-refractivity contribution < 1.29 is 9.13 Å². The monoisotopic (exact) mass is 293 g/mol. The molecule has 1 unspecified atom stereocenters. The van der Waals surface area contributed by atoms with Gasteiger partial charge in [-0.2, -0.15) is 0 Å². The number of hydrogen-bond acceptors (Lipinski definition) is 2. The Morgan fingerprint density at radius 3 is 2.57 bits per heavy atom. The maximum absolute atomic E-state index is 13.4. The van der Waals surface area contributed by atoms with Crippen molar-refractivity contribution in [2.24, 2.45) is 5.92 Å². The van der Waals surface area contributed by atoms with E-state index in [9.17, 15) is 4.39 Å². The average molecular weight is 293 g/mol. The van der Waals surface area contributed by atoms with E-state index in [2.05, 4.69) is 19.2 Å². The normalized spacial score (nSPS) is 27.6. The highest BCUT2D eigenvalue weighted by atomic mass is 19.1. The Labute approximate surface area is 128 Å². The Morgan fingerprint density at radius 1 is 1.38 bits per heavy atom. The van der Waals surface area contributed by atoms with Crippen LogP contribution in [0.5, 0.6) is 0 Å². The van der Waals surface area contributed by atoms with Crippen LogP contribution in [0.4, 0.5) is 4.39 Å². The minimum atomic E-state index is -0.175. The highest BCUT2D eigenvalue weighted by Crippen LogP contribution is 2.43. The standard InChI is InChI=1S/C18H28FNO/c1-5-20-17(16-7-6-15(19)12-14(16)3)18(21-4)10-8-13(2)9-11-18/h6-7,12-13,17,20H,5,8-11H2,1-4H3. The molecule has 3 heteroatoms. The smallest absolute Gasteiger partial charge is 0.123 e. The lowest BCUT2D eigenvalue weighted by Crippen LogP contribution is -2.48. The number of methoxy groups -OCH3 is 1. The maximum Gasteiger partial charge on any atom is 0.123 e. The molecule has 0 saturated heterocycles. The molecule has 0 spiro atoms. The van der Waals surface area contributed by atoms with E-state index in [1.54, 1.807) is 12.1 Å². The summed E-state index contributed by atoms with van der Waals surface area (Å²) in [5.41, 5.74) is 1.98. The molecule has 1 atom stereocenters. The van der Waals surface area contributed by atoms with Gasteiger partial charge in [-0.1, -0.05) is 19.9 Å². The molecule has 0 amide bonds. The summed E-state index contributed by atoms with van der Waals surface area (Å²) in [4.78, 5) is 0. The molecule has 1 saturated carbocycles. The summed E-state index contributed by atoms with van der Waals surface area (Å²) in [7, 11) is 1.82. The van der Waals surface area contributed by atoms with Crippen LogP contribution in [0.15, 0.2) is 18.2 Å². The van der Waals surface area contributed by atoms with Gasteiger partial charge in [-0.05, 0) is 68.3 Å². The first-order valence-electron chi connectivity index (χ1n) is 8.07. The van der Waals surface area contributed by atoms with E-state index in [0.29, 0.717) is 0 Å². The molecule has 0 aliphatic heterocycles. The number of aryl methyl sites for hydroxylation is 1. The molecular formula is C18H28FNO. The van der Waals surface area contributed by atoms with Crippen LogP contribution in [0.2, 0.25) is 0 Å². The predicted molar refractivity (Wildman–Crippen MR) is 84.9 cm³/mol. The second kappa shape index (κ2) is 6.89. The molecule has 2 nitrogen and oxygen atoms in total. The van der Waals surface area contributed by atoms with Crippen molar-refractivity contribution >= 4 is 0 Å². The number of benzene rings is 1. The molecule has 1 aromatic carbocycles. The Balaban J connectivity index is 2.36. The van der Waals surface area contributed by atoms with Gasteiger partial charge in [-0.3, -0.25) is 0 Å². The van der Waals surface area contributed by atoms with Crippen LogP contribution in [-0.4, -0.2) is 19.3 Å². The van der Waals surface area contributed by atoms with E-state index in [1.165, 1.54) is 12.8 Å². The number of rotatable bonds is 5. The van der Waals surface area contributed by atoms with Crippen molar-refractivity contribution in [1.82, 2.24) is 5.32 Å². The van der Waals surface area contributed by atoms with E-state index in [1.807, 2.05) is 20.1 Å². The van der Waals surface area contributed by atoms with Gasteiger partial charge in [0.1, 0.15) is 5.82 Å².